The summed E-state index contributed by atoms with van der Waals surface area (Å²) in [6.07, 6.45) is 12.9. The number of unbranched alkanes of at least 4 members (excludes halogenated alkanes) is 2. The van der Waals surface area contributed by atoms with Crippen LogP contribution >= 0.6 is 11.6 Å². The SMILES string of the molecule is CCCCCN1CCC(N2CCC(N3CCC3)CC2)C(NC(=O)C(C(N)N)C2C[C@@]3(C)CCC(Cl)=CN2C3)C1. The third-order valence-electron chi connectivity index (χ3n) is 10.5. The van der Waals surface area contributed by atoms with Crippen molar-refractivity contribution in [2.45, 2.75) is 108 Å². The van der Waals surface area contributed by atoms with E-state index in [9.17, 15) is 4.79 Å². The van der Waals surface area contributed by atoms with Crippen LogP contribution in [0.3, 0.4) is 0 Å². The van der Waals surface area contributed by atoms with Crippen LogP contribution in [0.5, 0.6) is 0 Å². The van der Waals surface area contributed by atoms with Gasteiger partial charge in [0.15, 0.2) is 0 Å². The molecule has 8 nitrogen and oxygen atoms in total. The van der Waals surface area contributed by atoms with Crippen molar-refractivity contribution in [3.05, 3.63) is 11.2 Å². The van der Waals surface area contributed by atoms with Crippen LogP contribution in [-0.4, -0.2) is 108 Å². The number of piperidine rings is 2. The summed E-state index contributed by atoms with van der Waals surface area (Å²) >= 11 is 6.52. The Morgan fingerprint density at radius 3 is 2.56 bits per heavy atom. The zero-order valence-electron chi connectivity index (χ0n) is 24.5. The molecule has 0 spiro atoms. The van der Waals surface area contributed by atoms with E-state index >= 15 is 0 Å². The summed E-state index contributed by atoms with van der Waals surface area (Å²) in [5.41, 5.74) is 12.9. The van der Waals surface area contributed by atoms with Gasteiger partial charge in [-0.05, 0) is 83.0 Å². The van der Waals surface area contributed by atoms with Crippen molar-refractivity contribution >= 4 is 17.5 Å². The lowest BCUT2D eigenvalue weighted by atomic mass is 9.80. The van der Waals surface area contributed by atoms with E-state index in [4.69, 9.17) is 23.1 Å². The monoisotopic (exact) mass is 563 g/mol. The predicted octanol–water partition coefficient (Wildman–Crippen LogP) is 2.72. The molecule has 5 heterocycles. The van der Waals surface area contributed by atoms with E-state index < -0.39 is 12.1 Å². The van der Waals surface area contributed by atoms with Crippen LogP contribution < -0.4 is 16.8 Å². The van der Waals surface area contributed by atoms with Crippen LogP contribution in [-0.2, 0) is 4.79 Å². The molecule has 4 fully saturated rings. The summed E-state index contributed by atoms with van der Waals surface area (Å²) in [4.78, 5) is 24.3. The van der Waals surface area contributed by atoms with Gasteiger partial charge in [-0.25, -0.2) is 0 Å². The molecule has 0 saturated carbocycles. The molecule has 222 valence electrons. The Bertz CT molecular complexity index is 858. The summed E-state index contributed by atoms with van der Waals surface area (Å²) in [5, 5.41) is 4.41. The minimum absolute atomic E-state index is 0.0148. The van der Waals surface area contributed by atoms with E-state index in [1.807, 2.05) is 6.20 Å². The summed E-state index contributed by atoms with van der Waals surface area (Å²) in [5.74, 6) is -0.436. The molecule has 5 N–H and O–H groups in total. The highest BCUT2D eigenvalue weighted by atomic mass is 35.5. The minimum atomic E-state index is -0.707. The van der Waals surface area contributed by atoms with Gasteiger partial charge in [-0.2, -0.15) is 0 Å². The van der Waals surface area contributed by atoms with Crippen LogP contribution in [0.2, 0.25) is 0 Å². The first-order valence-corrected chi connectivity index (χ1v) is 16.3. The van der Waals surface area contributed by atoms with Crippen LogP contribution in [0.15, 0.2) is 11.2 Å². The average molecular weight is 564 g/mol. The number of amides is 1. The van der Waals surface area contributed by atoms with Gasteiger partial charge in [0.1, 0.15) is 0 Å². The third kappa shape index (κ3) is 6.95. The van der Waals surface area contributed by atoms with Gasteiger partial charge >= 0.3 is 0 Å². The first-order valence-electron chi connectivity index (χ1n) is 15.9. The maximum absolute atomic E-state index is 14.1. The molecule has 0 aliphatic carbocycles. The third-order valence-corrected chi connectivity index (χ3v) is 10.8. The quantitative estimate of drug-likeness (QED) is 0.278. The number of halogens is 1. The number of hydrogen-bond donors (Lipinski definition) is 3. The molecule has 4 unspecified atom stereocenters. The molecule has 0 aromatic rings. The standard InChI is InChI=1S/C30H54ClN7O/c1-3-4-5-12-35-15-10-25(37-16-8-23(9-17-37)36-13-6-14-36)24(20-35)34-29(39)27(28(32)33)26-18-30(2)11-7-22(31)19-38(26)21-30/h19,23-28H,3-18,20-21,32-33H2,1-2H3,(H,34,39)/t24?,25?,26?,27?,30-/m1/s1. The molecule has 1 amide bonds. The number of hydrogen-bond acceptors (Lipinski definition) is 7. The smallest absolute Gasteiger partial charge is 0.228 e. The Kier molecular flexibility index (Phi) is 9.83. The number of carbonyl (C=O) groups excluding carboxylic acids is 1. The molecule has 9 heteroatoms. The molecule has 5 atom stereocenters. The molecular formula is C30H54ClN7O. The highest BCUT2D eigenvalue weighted by Crippen LogP contribution is 2.45. The first kappa shape index (κ1) is 29.6. The van der Waals surface area contributed by atoms with E-state index in [2.05, 4.69) is 38.8 Å². The van der Waals surface area contributed by atoms with Crippen molar-refractivity contribution in [2.75, 3.05) is 52.4 Å². The summed E-state index contributed by atoms with van der Waals surface area (Å²) in [6, 6.07) is 1.21. The Hall–Kier alpha value is -0.900. The molecule has 5 rings (SSSR count). The molecule has 0 aromatic heterocycles. The second-order valence-electron chi connectivity index (χ2n) is 13.6. The normalized spacial score (nSPS) is 34.1. The van der Waals surface area contributed by atoms with Crippen molar-refractivity contribution in [2.24, 2.45) is 22.8 Å². The predicted molar refractivity (Wildman–Crippen MR) is 159 cm³/mol. The molecule has 2 bridgehead atoms. The summed E-state index contributed by atoms with van der Waals surface area (Å²) < 4.78 is 0. The van der Waals surface area contributed by atoms with Crippen LogP contribution in [0.4, 0.5) is 0 Å². The van der Waals surface area contributed by atoms with Gasteiger partial charge in [-0.15, -0.1) is 0 Å². The number of fused-ring (bicyclic) bond motifs is 2. The molecule has 5 aliphatic rings. The second kappa shape index (κ2) is 13.0. The number of nitrogens with one attached hydrogen (secondary N) is 1. The van der Waals surface area contributed by atoms with Gasteiger partial charge in [0.25, 0.3) is 0 Å². The lowest BCUT2D eigenvalue weighted by Gasteiger charge is -2.49. The van der Waals surface area contributed by atoms with Crippen molar-refractivity contribution in [1.82, 2.24) is 24.9 Å². The number of carbonyl (C=O) groups is 1. The van der Waals surface area contributed by atoms with Gasteiger partial charge in [0.05, 0.1) is 18.1 Å². The van der Waals surface area contributed by atoms with E-state index in [1.165, 1.54) is 51.6 Å². The lowest BCUT2D eigenvalue weighted by molar-refractivity contribution is -0.129. The Labute approximate surface area is 241 Å². The van der Waals surface area contributed by atoms with Crippen molar-refractivity contribution in [1.29, 1.82) is 0 Å². The van der Waals surface area contributed by atoms with Crippen LogP contribution in [0.25, 0.3) is 0 Å². The van der Waals surface area contributed by atoms with Crippen molar-refractivity contribution < 1.29 is 4.79 Å². The molecule has 0 radical (unpaired) electrons. The molecule has 5 aliphatic heterocycles. The van der Waals surface area contributed by atoms with E-state index in [0.29, 0.717) is 6.04 Å². The second-order valence-corrected chi connectivity index (χ2v) is 14.1. The van der Waals surface area contributed by atoms with Crippen LogP contribution in [0, 0.1) is 11.3 Å². The Balaban J connectivity index is 1.28. The molecule has 0 aromatic carbocycles. The minimum Gasteiger partial charge on any atom is -0.372 e. The zero-order valence-corrected chi connectivity index (χ0v) is 25.3. The summed E-state index contributed by atoms with van der Waals surface area (Å²) in [6.45, 7) is 13.4. The fourth-order valence-corrected chi connectivity index (χ4v) is 8.33. The molecule has 39 heavy (non-hydrogen) atoms. The average Bonchev–Trinajstić information content (AvgIpc) is 3.09. The Morgan fingerprint density at radius 1 is 1.13 bits per heavy atom. The first-order chi connectivity index (χ1) is 18.8. The van der Waals surface area contributed by atoms with Gasteiger partial charge < -0.3 is 31.5 Å². The number of likely N-dealkylation sites (tertiary alicyclic amines) is 3. The number of rotatable bonds is 10. The van der Waals surface area contributed by atoms with E-state index in [1.54, 1.807) is 0 Å². The van der Waals surface area contributed by atoms with E-state index in [0.717, 1.165) is 76.0 Å². The lowest BCUT2D eigenvalue weighted by Crippen LogP contribution is -2.65. The van der Waals surface area contributed by atoms with E-state index in [-0.39, 0.29) is 23.4 Å². The van der Waals surface area contributed by atoms with Gasteiger partial charge in [0.2, 0.25) is 5.91 Å². The van der Waals surface area contributed by atoms with Gasteiger partial charge in [0, 0.05) is 55.5 Å². The Morgan fingerprint density at radius 2 is 1.90 bits per heavy atom. The molecule has 4 saturated heterocycles. The highest BCUT2D eigenvalue weighted by molar-refractivity contribution is 6.29. The maximum atomic E-state index is 14.1. The fraction of sp³-hybridized carbons (Fsp3) is 0.900. The topological polar surface area (TPSA) is 94.1 Å². The van der Waals surface area contributed by atoms with Crippen molar-refractivity contribution in [3.63, 3.8) is 0 Å². The fourth-order valence-electron chi connectivity index (χ4n) is 8.11. The highest BCUT2D eigenvalue weighted by Gasteiger charge is 2.48. The van der Waals surface area contributed by atoms with Crippen molar-refractivity contribution in [3.8, 4) is 0 Å². The number of nitrogens with two attached hydrogens (primary N) is 2. The zero-order chi connectivity index (χ0) is 27.6. The van der Waals surface area contributed by atoms with Crippen LogP contribution in [0.1, 0.15) is 78.1 Å². The number of nitrogens with zero attached hydrogens (tertiary/aromatic N) is 4. The largest absolute Gasteiger partial charge is 0.372 e. The van der Waals surface area contributed by atoms with Gasteiger partial charge in [-0.1, -0.05) is 38.3 Å². The summed E-state index contributed by atoms with van der Waals surface area (Å²) in [7, 11) is 0. The maximum Gasteiger partial charge on any atom is 0.228 e. The molecular weight excluding hydrogens is 510 g/mol. The number of allylic oxidation sites excluding steroid dienone is 1. The van der Waals surface area contributed by atoms with Gasteiger partial charge in [-0.3, -0.25) is 9.69 Å².